The highest BCUT2D eigenvalue weighted by atomic mass is 16.5. The second kappa shape index (κ2) is 21.3. The summed E-state index contributed by atoms with van der Waals surface area (Å²) in [6.45, 7) is 7.66. The van der Waals surface area contributed by atoms with Crippen LogP contribution >= 0.6 is 0 Å². The summed E-state index contributed by atoms with van der Waals surface area (Å²) in [5, 5.41) is 15.7. The van der Waals surface area contributed by atoms with Crippen LogP contribution in [0.15, 0.2) is 116 Å². The van der Waals surface area contributed by atoms with Gasteiger partial charge in [0.1, 0.15) is 6.61 Å². The Morgan fingerprint density at radius 2 is 1.32 bits per heavy atom. The van der Waals surface area contributed by atoms with Crippen molar-refractivity contribution in [3.8, 4) is 0 Å². The van der Waals surface area contributed by atoms with Crippen molar-refractivity contribution in [1.29, 1.82) is 0 Å². The first-order valence-corrected chi connectivity index (χ1v) is 16.2. The van der Waals surface area contributed by atoms with E-state index in [0.717, 1.165) is 16.7 Å². The van der Waals surface area contributed by atoms with Crippen LogP contribution in [0.5, 0.6) is 0 Å². The molecule has 250 valence electrons. The monoisotopic (exact) mass is 640 g/mol. The highest BCUT2D eigenvalue weighted by molar-refractivity contribution is 5.86. The Bertz CT molecular complexity index is 1370. The van der Waals surface area contributed by atoms with Gasteiger partial charge in [-0.25, -0.2) is 0 Å². The van der Waals surface area contributed by atoms with Gasteiger partial charge in [0.25, 0.3) is 0 Å². The van der Waals surface area contributed by atoms with E-state index in [1.54, 1.807) is 12.2 Å². The summed E-state index contributed by atoms with van der Waals surface area (Å²) in [4.78, 5) is 39.8. The van der Waals surface area contributed by atoms with E-state index in [9.17, 15) is 19.5 Å². The van der Waals surface area contributed by atoms with Crippen LogP contribution in [-0.2, 0) is 43.3 Å². The average molecular weight is 641 g/mol. The molecule has 3 rings (SSSR count). The third-order valence-corrected chi connectivity index (χ3v) is 7.75. The number of carbonyl (C=O) groups excluding carboxylic acids is 3. The molecule has 0 heterocycles. The lowest BCUT2D eigenvalue weighted by molar-refractivity contribution is -0.150. The summed E-state index contributed by atoms with van der Waals surface area (Å²) >= 11 is 0. The second-order valence-corrected chi connectivity index (χ2v) is 11.7. The fraction of sp³-hybridized carbons (Fsp3) is 0.359. The van der Waals surface area contributed by atoms with Gasteiger partial charge in [0.2, 0.25) is 11.8 Å². The van der Waals surface area contributed by atoms with Crippen LogP contribution < -0.4 is 10.6 Å². The Morgan fingerprint density at radius 3 is 1.89 bits per heavy atom. The summed E-state index contributed by atoms with van der Waals surface area (Å²) in [6.07, 6.45) is 5.80. The third kappa shape index (κ3) is 14.2. The van der Waals surface area contributed by atoms with Crippen molar-refractivity contribution in [3.63, 3.8) is 0 Å². The first-order valence-electron chi connectivity index (χ1n) is 16.2. The minimum absolute atomic E-state index is 0.0879. The first-order chi connectivity index (χ1) is 22.9. The van der Waals surface area contributed by atoms with Crippen molar-refractivity contribution in [3.05, 3.63) is 133 Å². The lowest BCUT2D eigenvalue weighted by atomic mass is 9.95. The van der Waals surface area contributed by atoms with Crippen LogP contribution in [-0.4, -0.2) is 54.8 Å². The highest BCUT2D eigenvalue weighted by Crippen LogP contribution is 2.17. The van der Waals surface area contributed by atoms with Gasteiger partial charge in [-0.15, -0.1) is 13.2 Å². The Labute approximate surface area is 278 Å². The van der Waals surface area contributed by atoms with Gasteiger partial charge in [-0.3, -0.25) is 14.4 Å². The molecule has 0 aliphatic carbocycles. The van der Waals surface area contributed by atoms with E-state index in [4.69, 9.17) is 9.47 Å². The molecule has 3 aromatic rings. The number of aliphatic hydroxyl groups excluding tert-OH is 1. The second-order valence-electron chi connectivity index (χ2n) is 11.7. The topological polar surface area (TPSA) is 114 Å². The lowest BCUT2D eigenvalue weighted by Crippen LogP contribution is -2.46. The quantitative estimate of drug-likeness (QED) is 0.101. The van der Waals surface area contributed by atoms with E-state index < -0.39 is 18.0 Å². The van der Waals surface area contributed by atoms with Gasteiger partial charge in [0.05, 0.1) is 43.7 Å². The normalized spacial score (nSPS) is 13.4. The molecule has 0 aromatic heterocycles. The summed E-state index contributed by atoms with van der Waals surface area (Å²) in [7, 11) is 0. The zero-order valence-corrected chi connectivity index (χ0v) is 27.1. The lowest BCUT2D eigenvalue weighted by Gasteiger charge is -2.24. The van der Waals surface area contributed by atoms with E-state index in [-0.39, 0.29) is 56.4 Å². The third-order valence-electron chi connectivity index (χ3n) is 7.75. The number of aliphatic hydroxyl groups is 1. The van der Waals surface area contributed by atoms with Crippen LogP contribution in [0.3, 0.4) is 0 Å². The van der Waals surface area contributed by atoms with Gasteiger partial charge in [0.15, 0.2) is 0 Å². The van der Waals surface area contributed by atoms with Crippen LogP contribution in [0.25, 0.3) is 0 Å². The Hall–Kier alpha value is -4.53. The van der Waals surface area contributed by atoms with Crippen molar-refractivity contribution >= 4 is 17.8 Å². The van der Waals surface area contributed by atoms with Crippen LogP contribution in [0.4, 0.5) is 0 Å². The summed E-state index contributed by atoms with van der Waals surface area (Å²) in [6, 6.07) is 27.8. The molecule has 0 saturated carbocycles. The molecule has 0 unspecified atom stereocenters. The molecule has 2 amide bonds. The van der Waals surface area contributed by atoms with E-state index in [2.05, 4.69) is 23.8 Å². The fourth-order valence-electron chi connectivity index (χ4n) is 5.22. The number of hydrogen-bond acceptors (Lipinski definition) is 6. The van der Waals surface area contributed by atoms with Gasteiger partial charge in [-0.2, -0.15) is 0 Å². The van der Waals surface area contributed by atoms with Crippen molar-refractivity contribution in [1.82, 2.24) is 10.6 Å². The molecule has 0 fully saturated rings. The number of nitrogens with one attached hydrogen (secondary N) is 2. The average Bonchev–Trinajstić information content (AvgIpc) is 3.09. The zero-order chi connectivity index (χ0) is 33.7. The van der Waals surface area contributed by atoms with Crippen molar-refractivity contribution < 1.29 is 29.0 Å². The molecule has 8 nitrogen and oxygen atoms in total. The molecule has 0 radical (unpaired) electrons. The molecule has 0 spiro atoms. The number of hydrogen-bond donors (Lipinski definition) is 3. The largest absolute Gasteiger partial charge is 0.463 e. The van der Waals surface area contributed by atoms with Gasteiger partial charge in [0, 0.05) is 6.42 Å². The van der Waals surface area contributed by atoms with Crippen molar-refractivity contribution in [2.45, 2.75) is 57.2 Å². The van der Waals surface area contributed by atoms with Crippen LogP contribution in [0.2, 0.25) is 0 Å². The Balaban J connectivity index is 1.64. The van der Waals surface area contributed by atoms with Gasteiger partial charge >= 0.3 is 5.97 Å². The van der Waals surface area contributed by atoms with Crippen LogP contribution in [0, 0.1) is 11.8 Å². The molecular formula is C39H48N2O6. The zero-order valence-electron chi connectivity index (χ0n) is 27.1. The predicted molar refractivity (Wildman–Crippen MR) is 184 cm³/mol. The number of ether oxygens (including phenoxy) is 2. The molecule has 3 aromatic carbocycles. The van der Waals surface area contributed by atoms with E-state index >= 15 is 0 Å². The number of amides is 2. The standard InChI is InChI=1S/C39H48N2O6/c1-3-5-22-34(23-30-16-9-6-10-17-30)39(45)47-29-36(28-46-27-32-20-13-8-14-21-32)41-38(44)33(15-4-2)25-37(43)40-35(26-42)24-31-18-11-7-12-19-31/h3-4,6-14,16-21,33-36,42H,1-2,5,15,22-29H2,(H,40,43)(H,41,44)/t33-,34-,35-,36+/m1/s1. The molecule has 4 atom stereocenters. The SMILES string of the molecule is C=CCC[C@H](Cc1ccccc1)C(=O)OC[C@H](COCc1ccccc1)NC(=O)[C@H](CC=C)CC(=O)N[C@@H](CO)Cc1ccccc1. The van der Waals surface area contributed by atoms with Crippen molar-refractivity contribution in [2.24, 2.45) is 11.8 Å². The smallest absolute Gasteiger partial charge is 0.309 e. The van der Waals surface area contributed by atoms with Gasteiger partial charge in [-0.05, 0) is 48.8 Å². The van der Waals surface area contributed by atoms with E-state index in [1.807, 2.05) is 91.0 Å². The summed E-state index contributed by atoms with van der Waals surface area (Å²) < 4.78 is 11.7. The Kier molecular flexibility index (Phi) is 16.7. The first kappa shape index (κ1) is 36.9. The molecule has 8 heteroatoms. The number of rotatable bonds is 22. The molecule has 0 aliphatic heterocycles. The van der Waals surface area contributed by atoms with Crippen LogP contribution in [0.1, 0.15) is 42.4 Å². The number of esters is 1. The maximum absolute atomic E-state index is 13.5. The molecular weight excluding hydrogens is 592 g/mol. The summed E-state index contributed by atoms with van der Waals surface area (Å²) in [5.41, 5.74) is 2.99. The van der Waals surface area contributed by atoms with Crippen molar-refractivity contribution in [2.75, 3.05) is 19.8 Å². The predicted octanol–water partition coefficient (Wildman–Crippen LogP) is 5.36. The maximum Gasteiger partial charge on any atom is 0.309 e. The number of carbonyl (C=O) groups is 3. The Morgan fingerprint density at radius 1 is 0.723 bits per heavy atom. The molecule has 47 heavy (non-hydrogen) atoms. The maximum atomic E-state index is 13.5. The molecule has 0 bridgehead atoms. The molecule has 0 aliphatic rings. The number of benzene rings is 3. The van der Waals surface area contributed by atoms with E-state index in [1.165, 1.54) is 0 Å². The highest BCUT2D eigenvalue weighted by Gasteiger charge is 2.27. The molecule has 0 saturated heterocycles. The van der Waals surface area contributed by atoms with E-state index in [0.29, 0.717) is 32.3 Å². The fourth-order valence-corrected chi connectivity index (χ4v) is 5.22. The minimum atomic E-state index is -0.714. The molecule has 3 N–H and O–H groups in total. The van der Waals surface area contributed by atoms with Gasteiger partial charge < -0.3 is 25.2 Å². The minimum Gasteiger partial charge on any atom is -0.463 e. The van der Waals surface area contributed by atoms with Gasteiger partial charge in [-0.1, -0.05) is 103 Å². The summed E-state index contributed by atoms with van der Waals surface area (Å²) in [5.74, 6) is -2.16. The number of allylic oxidation sites excluding steroid dienone is 2.